The number of hydrogen-bond acceptors (Lipinski definition) is 6. The van der Waals surface area contributed by atoms with Crippen LogP contribution < -0.4 is 0 Å². The number of hydrogen-bond donors (Lipinski definition) is 2. The number of para-hydroxylation sites is 1. The second-order valence-electron chi connectivity index (χ2n) is 5.83. The Morgan fingerprint density at radius 1 is 0.654 bits per heavy atom. The van der Waals surface area contributed by atoms with E-state index in [1.54, 1.807) is 17.4 Å². The third-order valence-corrected chi connectivity index (χ3v) is 6.32. The Morgan fingerprint density at radius 3 is 2.08 bits per heavy atom. The molecule has 6 heteroatoms. The minimum Gasteiger partial charge on any atom is -0.504 e. The van der Waals surface area contributed by atoms with Crippen molar-refractivity contribution in [3.8, 4) is 32.6 Å². The van der Waals surface area contributed by atoms with Crippen LogP contribution in [-0.4, -0.2) is 20.2 Å². The molecule has 0 saturated heterocycles. The molecule has 0 aliphatic heterocycles. The minimum atomic E-state index is -0.178. The quantitative estimate of drug-likeness (QED) is 0.391. The molecule has 0 radical (unpaired) electrons. The molecule has 0 bridgehead atoms. The lowest BCUT2D eigenvalue weighted by Gasteiger charge is -2.03. The van der Waals surface area contributed by atoms with Crippen LogP contribution in [0.1, 0.15) is 0 Å². The highest BCUT2D eigenvalue weighted by Gasteiger charge is 2.17. The summed E-state index contributed by atoms with van der Waals surface area (Å²) in [6, 6.07) is 19.3. The molecule has 0 atom stereocenters. The maximum Gasteiger partial charge on any atom is 0.185 e. The van der Waals surface area contributed by atoms with Gasteiger partial charge in [0.15, 0.2) is 11.5 Å². The van der Waals surface area contributed by atoms with Crippen LogP contribution in [0.4, 0.5) is 0 Å². The van der Waals surface area contributed by atoms with Crippen LogP contribution in [-0.2, 0) is 0 Å². The molecule has 2 heterocycles. The number of thiazole rings is 2. The zero-order valence-electron chi connectivity index (χ0n) is 13.4. The Hall–Kier alpha value is -2.96. The highest BCUT2D eigenvalue weighted by Crippen LogP contribution is 2.42. The van der Waals surface area contributed by atoms with Crippen LogP contribution in [0.25, 0.3) is 41.6 Å². The van der Waals surface area contributed by atoms with Gasteiger partial charge in [0.05, 0.1) is 14.9 Å². The number of aromatic hydroxyl groups is 2. The predicted molar refractivity (Wildman–Crippen MR) is 107 cm³/mol. The summed E-state index contributed by atoms with van der Waals surface area (Å²) in [6.07, 6.45) is 0. The topological polar surface area (TPSA) is 66.2 Å². The number of aromatic nitrogens is 2. The van der Waals surface area contributed by atoms with E-state index in [1.165, 1.54) is 17.4 Å². The Morgan fingerprint density at radius 2 is 1.31 bits per heavy atom. The Balaban J connectivity index is 1.72. The molecule has 5 rings (SSSR count). The second-order valence-corrected chi connectivity index (χ2v) is 7.89. The van der Waals surface area contributed by atoms with Crippen molar-refractivity contribution >= 4 is 43.1 Å². The molecule has 0 aliphatic carbocycles. The van der Waals surface area contributed by atoms with Crippen molar-refractivity contribution in [3.63, 3.8) is 0 Å². The van der Waals surface area contributed by atoms with Crippen LogP contribution in [0.3, 0.4) is 0 Å². The van der Waals surface area contributed by atoms with E-state index in [1.807, 2.05) is 42.5 Å². The van der Waals surface area contributed by atoms with Gasteiger partial charge in [0.1, 0.15) is 15.5 Å². The first-order chi connectivity index (χ1) is 12.7. The number of nitrogens with zero attached hydrogens (tertiary/aromatic N) is 2. The minimum absolute atomic E-state index is 0.159. The number of fused-ring (bicyclic) bond motifs is 2. The highest BCUT2D eigenvalue weighted by molar-refractivity contribution is 7.22. The molecule has 0 unspecified atom stereocenters. The van der Waals surface area contributed by atoms with Gasteiger partial charge in [0, 0.05) is 11.1 Å². The maximum atomic E-state index is 10.1. The number of phenols is 2. The fourth-order valence-corrected chi connectivity index (χ4v) is 4.94. The first-order valence-corrected chi connectivity index (χ1v) is 9.61. The van der Waals surface area contributed by atoms with Gasteiger partial charge in [-0.15, -0.1) is 22.7 Å². The first kappa shape index (κ1) is 15.3. The fraction of sp³-hybridized carbons (Fsp3) is 0. The van der Waals surface area contributed by atoms with Gasteiger partial charge < -0.3 is 10.2 Å². The summed E-state index contributed by atoms with van der Waals surface area (Å²) in [5, 5.41) is 21.5. The Labute approximate surface area is 156 Å². The molecule has 0 saturated carbocycles. The van der Waals surface area contributed by atoms with Gasteiger partial charge in [-0.2, -0.15) is 0 Å². The highest BCUT2D eigenvalue weighted by atomic mass is 32.1. The van der Waals surface area contributed by atoms with E-state index in [-0.39, 0.29) is 11.5 Å². The Kier molecular flexibility index (Phi) is 3.41. The summed E-state index contributed by atoms with van der Waals surface area (Å²) in [7, 11) is 0. The standard InChI is InChI=1S/C20H12N2O2S2/c23-14-9-10-16-17(18(14)24)22-20(26-16)12-6-2-1-5-11(12)19-21-13-7-3-4-8-15(13)25-19/h1-10,23-24H. The van der Waals surface area contributed by atoms with Crippen LogP contribution in [0, 0.1) is 0 Å². The van der Waals surface area contributed by atoms with E-state index in [2.05, 4.69) is 11.1 Å². The molecule has 0 aliphatic rings. The zero-order chi connectivity index (χ0) is 17.7. The largest absolute Gasteiger partial charge is 0.504 e. The second kappa shape index (κ2) is 5.79. The molecule has 3 aromatic carbocycles. The van der Waals surface area contributed by atoms with E-state index in [0.29, 0.717) is 5.52 Å². The zero-order valence-corrected chi connectivity index (χ0v) is 15.0. The number of rotatable bonds is 2. The van der Waals surface area contributed by atoms with Crippen molar-refractivity contribution in [1.29, 1.82) is 0 Å². The molecule has 0 amide bonds. The van der Waals surface area contributed by atoms with Crippen molar-refractivity contribution in [2.75, 3.05) is 0 Å². The average molecular weight is 376 g/mol. The lowest BCUT2D eigenvalue weighted by Crippen LogP contribution is -1.83. The van der Waals surface area contributed by atoms with Crippen molar-refractivity contribution in [2.45, 2.75) is 0 Å². The molecule has 0 spiro atoms. The summed E-state index contributed by atoms with van der Waals surface area (Å²) in [6.45, 7) is 0. The molecule has 26 heavy (non-hydrogen) atoms. The molecule has 2 N–H and O–H groups in total. The monoisotopic (exact) mass is 376 g/mol. The molecular weight excluding hydrogens is 364 g/mol. The van der Waals surface area contributed by atoms with Crippen LogP contribution >= 0.6 is 22.7 Å². The van der Waals surface area contributed by atoms with Crippen molar-refractivity contribution in [2.24, 2.45) is 0 Å². The van der Waals surface area contributed by atoms with Crippen LogP contribution in [0.2, 0.25) is 0 Å². The van der Waals surface area contributed by atoms with E-state index in [9.17, 15) is 10.2 Å². The van der Waals surface area contributed by atoms with Crippen LogP contribution in [0.5, 0.6) is 11.5 Å². The summed E-state index contributed by atoms with van der Waals surface area (Å²) in [4.78, 5) is 9.33. The van der Waals surface area contributed by atoms with Gasteiger partial charge in [-0.25, -0.2) is 9.97 Å². The average Bonchev–Trinajstić information content (AvgIpc) is 3.29. The first-order valence-electron chi connectivity index (χ1n) is 7.97. The fourth-order valence-electron chi connectivity index (χ4n) is 2.93. The third-order valence-electron chi connectivity index (χ3n) is 4.19. The Bertz CT molecular complexity index is 1240. The van der Waals surface area contributed by atoms with E-state index < -0.39 is 0 Å². The molecular formula is C20H12N2O2S2. The van der Waals surface area contributed by atoms with E-state index >= 15 is 0 Å². The smallest absolute Gasteiger partial charge is 0.185 e. The van der Waals surface area contributed by atoms with Gasteiger partial charge in [-0.05, 0) is 24.3 Å². The molecule has 126 valence electrons. The van der Waals surface area contributed by atoms with Gasteiger partial charge in [0.2, 0.25) is 0 Å². The molecule has 4 nitrogen and oxygen atoms in total. The molecule has 5 aromatic rings. The summed E-state index contributed by atoms with van der Waals surface area (Å²) in [5.41, 5.74) is 3.38. The summed E-state index contributed by atoms with van der Waals surface area (Å²) in [5.74, 6) is -0.337. The van der Waals surface area contributed by atoms with Crippen LogP contribution in [0.15, 0.2) is 60.7 Å². The van der Waals surface area contributed by atoms with E-state index in [0.717, 1.165) is 36.1 Å². The van der Waals surface area contributed by atoms with Gasteiger partial charge >= 0.3 is 0 Å². The molecule has 2 aromatic heterocycles. The van der Waals surface area contributed by atoms with Gasteiger partial charge in [-0.3, -0.25) is 0 Å². The summed E-state index contributed by atoms with van der Waals surface area (Å²) < 4.78 is 1.97. The predicted octanol–water partition coefficient (Wildman–Crippen LogP) is 5.65. The van der Waals surface area contributed by atoms with Gasteiger partial charge in [-0.1, -0.05) is 36.4 Å². The van der Waals surface area contributed by atoms with Crippen molar-refractivity contribution in [1.82, 2.24) is 9.97 Å². The maximum absolute atomic E-state index is 10.1. The van der Waals surface area contributed by atoms with Gasteiger partial charge in [0.25, 0.3) is 0 Å². The summed E-state index contributed by atoms with van der Waals surface area (Å²) >= 11 is 3.13. The number of benzene rings is 3. The lowest BCUT2D eigenvalue weighted by molar-refractivity contribution is 0.407. The third kappa shape index (κ3) is 2.34. The van der Waals surface area contributed by atoms with Crippen molar-refractivity contribution in [3.05, 3.63) is 60.7 Å². The number of phenolic OH excluding ortho intramolecular Hbond substituents is 2. The normalized spacial score (nSPS) is 11.4. The SMILES string of the molecule is Oc1ccc2sc(-c3ccccc3-c3nc4ccccc4s3)nc2c1O. The van der Waals surface area contributed by atoms with E-state index in [4.69, 9.17) is 4.98 Å². The van der Waals surface area contributed by atoms with Crippen molar-refractivity contribution < 1.29 is 10.2 Å². The molecule has 0 fully saturated rings. The lowest BCUT2D eigenvalue weighted by atomic mass is 10.1.